The minimum Gasteiger partial charge on any atom is -0.292 e. The standard InChI is InChI=1S/C15H15NO4S3/c1-11(9-12-5-3-2-4-6-12)10-13-14(17)16(15(21)22-13)7-8-23(18,19)20/h2-6,9-10H,7-8H2,1H3,(H,18,19,20). The maximum Gasteiger partial charge on any atom is 0.266 e. The van der Waals surface area contributed by atoms with Crippen molar-refractivity contribution in [1.29, 1.82) is 0 Å². The molecule has 0 aliphatic carbocycles. The Hall–Kier alpha value is -1.48. The Bertz CT molecular complexity index is 782. The summed E-state index contributed by atoms with van der Waals surface area (Å²) < 4.78 is 30.7. The van der Waals surface area contributed by atoms with E-state index in [4.69, 9.17) is 16.8 Å². The average Bonchev–Trinajstić information content (AvgIpc) is 2.71. The molecule has 1 aromatic carbocycles. The fourth-order valence-electron chi connectivity index (χ4n) is 1.96. The largest absolute Gasteiger partial charge is 0.292 e. The fraction of sp³-hybridized carbons (Fsp3) is 0.200. The highest BCUT2D eigenvalue weighted by atomic mass is 32.2. The topological polar surface area (TPSA) is 74.7 Å². The fourth-order valence-corrected chi connectivity index (χ4v) is 3.73. The van der Waals surface area contributed by atoms with E-state index in [9.17, 15) is 13.2 Å². The molecule has 1 fully saturated rings. The molecule has 1 saturated heterocycles. The van der Waals surface area contributed by atoms with E-state index in [2.05, 4.69) is 0 Å². The van der Waals surface area contributed by atoms with Gasteiger partial charge in [-0.2, -0.15) is 8.42 Å². The first-order valence-corrected chi connectivity index (χ1v) is 9.53. The predicted molar refractivity (Wildman–Crippen MR) is 96.5 cm³/mol. The van der Waals surface area contributed by atoms with Crippen molar-refractivity contribution >= 4 is 50.4 Å². The highest BCUT2D eigenvalue weighted by molar-refractivity contribution is 8.26. The van der Waals surface area contributed by atoms with Crippen LogP contribution in [-0.4, -0.2) is 40.4 Å². The molecule has 1 heterocycles. The maximum atomic E-state index is 12.3. The highest BCUT2D eigenvalue weighted by Gasteiger charge is 2.32. The van der Waals surface area contributed by atoms with Crippen molar-refractivity contribution in [2.45, 2.75) is 6.92 Å². The molecule has 1 aliphatic rings. The SMILES string of the molecule is CC(=Cc1ccccc1)C=C1SC(=S)N(CCS(=O)(=O)O)C1=O. The van der Waals surface area contributed by atoms with Gasteiger partial charge in [-0.3, -0.25) is 14.2 Å². The van der Waals surface area contributed by atoms with E-state index in [1.54, 1.807) is 6.08 Å². The molecule has 0 saturated carbocycles. The van der Waals surface area contributed by atoms with Gasteiger partial charge in [0.2, 0.25) is 0 Å². The van der Waals surface area contributed by atoms with Gasteiger partial charge in [-0.25, -0.2) is 0 Å². The molecule has 2 rings (SSSR count). The molecular weight excluding hydrogens is 354 g/mol. The van der Waals surface area contributed by atoms with Gasteiger partial charge in [0, 0.05) is 6.54 Å². The van der Waals surface area contributed by atoms with E-state index in [0.717, 1.165) is 22.9 Å². The minimum atomic E-state index is -4.13. The quantitative estimate of drug-likeness (QED) is 0.489. The van der Waals surface area contributed by atoms with Crippen molar-refractivity contribution in [2.75, 3.05) is 12.3 Å². The second kappa shape index (κ2) is 7.39. The van der Waals surface area contributed by atoms with E-state index in [-0.39, 0.29) is 16.8 Å². The summed E-state index contributed by atoms with van der Waals surface area (Å²) in [4.78, 5) is 13.9. The van der Waals surface area contributed by atoms with Crippen LogP contribution in [0.2, 0.25) is 0 Å². The molecule has 0 aromatic heterocycles. The number of amides is 1. The van der Waals surface area contributed by atoms with Crippen molar-refractivity contribution in [3.05, 3.63) is 52.4 Å². The molecule has 1 amide bonds. The lowest BCUT2D eigenvalue weighted by molar-refractivity contribution is -0.122. The molecule has 23 heavy (non-hydrogen) atoms. The second-order valence-electron chi connectivity index (χ2n) is 4.92. The zero-order valence-corrected chi connectivity index (χ0v) is 14.7. The van der Waals surface area contributed by atoms with Crippen LogP contribution in [0.1, 0.15) is 12.5 Å². The minimum absolute atomic E-state index is 0.151. The summed E-state index contributed by atoms with van der Waals surface area (Å²) in [5, 5.41) is 0. The van der Waals surface area contributed by atoms with Crippen LogP contribution in [0, 0.1) is 0 Å². The molecule has 0 radical (unpaired) electrons. The first-order valence-electron chi connectivity index (χ1n) is 6.70. The molecule has 0 bridgehead atoms. The van der Waals surface area contributed by atoms with Crippen LogP contribution in [0.3, 0.4) is 0 Å². The monoisotopic (exact) mass is 369 g/mol. The Labute approximate surface area is 144 Å². The molecule has 122 valence electrons. The van der Waals surface area contributed by atoms with Crippen LogP contribution < -0.4 is 0 Å². The number of carbonyl (C=O) groups is 1. The first kappa shape index (κ1) is 17.9. The number of thiocarbonyl (C=S) groups is 1. The summed E-state index contributed by atoms with van der Waals surface area (Å²) in [6, 6.07) is 9.68. The Morgan fingerprint density at radius 2 is 2.00 bits per heavy atom. The molecule has 0 atom stereocenters. The van der Waals surface area contributed by atoms with Gasteiger partial charge in [0.1, 0.15) is 4.32 Å². The van der Waals surface area contributed by atoms with Crippen LogP contribution in [0.4, 0.5) is 0 Å². The summed E-state index contributed by atoms with van der Waals surface area (Å²) >= 11 is 6.22. The van der Waals surface area contributed by atoms with E-state index in [0.29, 0.717) is 4.91 Å². The molecule has 5 nitrogen and oxygen atoms in total. The number of benzene rings is 1. The van der Waals surface area contributed by atoms with E-state index in [1.807, 2.05) is 43.3 Å². The number of carbonyl (C=O) groups excluding carboxylic acids is 1. The lowest BCUT2D eigenvalue weighted by atomic mass is 10.1. The van der Waals surface area contributed by atoms with Gasteiger partial charge in [-0.05, 0) is 24.1 Å². The third kappa shape index (κ3) is 5.28. The van der Waals surface area contributed by atoms with E-state index >= 15 is 0 Å². The molecule has 8 heteroatoms. The van der Waals surface area contributed by atoms with Crippen molar-refractivity contribution in [3.8, 4) is 0 Å². The van der Waals surface area contributed by atoms with Gasteiger partial charge >= 0.3 is 0 Å². The van der Waals surface area contributed by atoms with Crippen molar-refractivity contribution in [2.24, 2.45) is 0 Å². The Balaban J connectivity index is 2.13. The van der Waals surface area contributed by atoms with Crippen LogP contribution >= 0.6 is 24.0 Å². The lowest BCUT2D eigenvalue weighted by Gasteiger charge is -2.12. The Kier molecular flexibility index (Phi) is 5.74. The van der Waals surface area contributed by atoms with Crippen molar-refractivity contribution in [1.82, 2.24) is 4.90 Å². The third-order valence-electron chi connectivity index (χ3n) is 3.00. The number of nitrogens with zero attached hydrogens (tertiary/aromatic N) is 1. The summed E-state index contributed by atoms with van der Waals surface area (Å²) in [6.45, 7) is 1.72. The predicted octanol–water partition coefficient (Wildman–Crippen LogP) is 2.72. The van der Waals surface area contributed by atoms with Gasteiger partial charge in [0.25, 0.3) is 16.0 Å². The molecule has 1 aromatic rings. The van der Waals surface area contributed by atoms with Crippen LogP contribution in [0.5, 0.6) is 0 Å². The summed E-state index contributed by atoms with van der Waals surface area (Å²) in [5.41, 5.74) is 1.90. The number of hydrogen-bond acceptors (Lipinski definition) is 5. The smallest absolute Gasteiger partial charge is 0.266 e. The number of thioether (sulfide) groups is 1. The van der Waals surface area contributed by atoms with Gasteiger partial charge in [0.05, 0.1) is 10.7 Å². The zero-order chi connectivity index (χ0) is 17.0. The summed E-state index contributed by atoms with van der Waals surface area (Å²) in [5.74, 6) is -0.879. The van der Waals surface area contributed by atoms with Gasteiger partial charge in [-0.15, -0.1) is 0 Å². The van der Waals surface area contributed by atoms with Crippen LogP contribution in [0.15, 0.2) is 46.9 Å². The Morgan fingerprint density at radius 3 is 2.61 bits per heavy atom. The van der Waals surface area contributed by atoms with Gasteiger partial charge in [-0.1, -0.05) is 60.4 Å². The maximum absolute atomic E-state index is 12.3. The van der Waals surface area contributed by atoms with Crippen molar-refractivity contribution in [3.63, 3.8) is 0 Å². The molecule has 1 N–H and O–H groups in total. The number of rotatable bonds is 5. The molecule has 0 spiro atoms. The first-order chi connectivity index (χ1) is 10.8. The normalized spacial score (nSPS) is 18.1. The van der Waals surface area contributed by atoms with Crippen molar-refractivity contribution < 1.29 is 17.8 Å². The van der Waals surface area contributed by atoms with Gasteiger partial charge < -0.3 is 0 Å². The zero-order valence-electron chi connectivity index (χ0n) is 12.3. The van der Waals surface area contributed by atoms with E-state index in [1.165, 1.54) is 4.90 Å². The highest BCUT2D eigenvalue weighted by Crippen LogP contribution is 2.31. The van der Waals surface area contributed by atoms with Crippen LogP contribution in [0.25, 0.3) is 6.08 Å². The lowest BCUT2D eigenvalue weighted by Crippen LogP contribution is -2.32. The summed E-state index contributed by atoms with van der Waals surface area (Å²) in [7, 11) is -4.13. The van der Waals surface area contributed by atoms with E-state index < -0.39 is 15.9 Å². The molecule has 0 unspecified atom stereocenters. The second-order valence-corrected chi connectivity index (χ2v) is 8.17. The van der Waals surface area contributed by atoms with Crippen LogP contribution in [-0.2, 0) is 14.9 Å². The summed E-state index contributed by atoms with van der Waals surface area (Å²) in [6.07, 6.45) is 3.66. The average molecular weight is 369 g/mol. The number of hydrogen-bond donors (Lipinski definition) is 1. The Morgan fingerprint density at radius 1 is 1.35 bits per heavy atom. The van der Waals surface area contributed by atoms with Gasteiger partial charge in [0.15, 0.2) is 0 Å². The third-order valence-corrected chi connectivity index (χ3v) is 5.08. The molecule has 1 aliphatic heterocycles. The molecular formula is C15H15NO4S3. The number of allylic oxidation sites excluding steroid dienone is 2.